The number of nitrogens with one attached hydrogen (secondary N) is 1. The number of anilines is 1. The first-order chi connectivity index (χ1) is 10.1. The Labute approximate surface area is 125 Å². The molecule has 1 aliphatic rings. The molecule has 1 unspecified atom stereocenters. The number of para-hydroxylation sites is 1. The molecule has 1 aliphatic heterocycles. The van der Waals surface area contributed by atoms with Gasteiger partial charge in [-0.15, -0.1) is 0 Å². The van der Waals surface area contributed by atoms with Crippen molar-refractivity contribution in [2.75, 3.05) is 38.6 Å². The maximum absolute atomic E-state index is 11.2. The van der Waals surface area contributed by atoms with Gasteiger partial charge in [0, 0.05) is 13.1 Å². The Morgan fingerprint density at radius 2 is 2.14 bits per heavy atom. The van der Waals surface area contributed by atoms with Crippen LogP contribution in [0, 0.1) is 16.0 Å². The van der Waals surface area contributed by atoms with Crippen molar-refractivity contribution in [3.63, 3.8) is 0 Å². The molecule has 1 N–H and O–H groups in total. The lowest BCUT2D eigenvalue weighted by molar-refractivity contribution is -0.384. The summed E-state index contributed by atoms with van der Waals surface area (Å²) in [5.74, 6) is 0.728. The number of rotatable bonds is 7. The lowest BCUT2D eigenvalue weighted by atomic mass is 10.1. The quantitative estimate of drug-likeness (QED) is 0.618. The van der Waals surface area contributed by atoms with Crippen LogP contribution in [0.4, 0.5) is 11.4 Å². The van der Waals surface area contributed by atoms with Crippen molar-refractivity contribution in [2.24, 2.45) is 5.92 Å². The number of likely N-dealkylation sites (tertiary alicyclic amines) is 1. The molecule has 1 heterocycles. The normalized spacial score (nSPS) is 16.7. The van der Waals surface area contributed by atoms with Crippen LogP contribution < -0.4 is 10.1 Å². The first kappa shape index (κ1) is 15.6. The molecule has 1 aromatic carbocycles. The average Bonchev–Trinajstić information content (AvgIpc) is 2.97. The highest BCUT2D eigenvalue weighted by Crippen LogP contribution is 2.34. The van der Waals surface area contributed by atoms with Gasteiger partial charge in [-0.1, -0.05) is 13.0 Å². The standard InChI is InChI=1S/C15H23N3O3/c1-12(11-17-8-3-4-9-17)10-16-13-6-5-7-14(21-2)15(13)18(19)20/h5-7,12,16H,3-4,8-11H2,1-2H3. The van der Waals surface area contributed by atoms with E-state index in [2.05, 4.69) is 17.1 Å². The summed E-state index contributed by atoms with van der Waals surface area (Å²) in [4.78, 5) is 13.3. The van der Waals surface area contributed by atoms with Crippen molar-refractivity contribution in [3.05, 3.63) is 28.3 Å². The van der Waals surface area contributed by atoms with Crippen molar-refractivity contribution in [1.82, 2.24) is 4.90 Å². The van der Waals surface area contributed by atoms with Crippen LogP contribution in [0.1, 0.15) is 19.8 Å². The van der Waals surface area contributed by atoms with Crippen LogP contribution >= 0.6 is 0 Å². The molecule has 0 saturated carbocycles. The van der Waals surface area contributed by atoms with Crippen LogP contribution in [-0.4, -0.2) is 43.1 Å². The van der Waals surface area contributed by atoms with Crippen molar-refractivity contribution >= 4 is 11.4 Å². The predicted molar refractivity (Wildman–Crippen MR) is 83.0 cm³/mol. The molecule has 116 valence electrons. The second-order valence-corrected chi connectivity index (χ2v) is 5.61. The zero-order valence-electron chi connectivity index (χ0n) is 12.7. The first-order valence-corrected chi connectivity index (χ1v) is 7.39. The molecule has 21 heavy (non-hydrogen) atoms. The fraction of sp³-hybridized carbons (Fsp3) is 0.600. The molecule has 0 bridgehead atoms. The number of hydrogen-bond donors (Lipinski definition) is 1. The van der Waals surface area contributed by atoms with Gasteiger partial charge >= 0.3 is 5.69 Å². The topological polar surface area (TPSA) is 67.6 Å². The van der Waals surface area contributed by atoms with E-state index in [9.17, 15) is 10.1 Å². The Balaban J connectivity index is 1.97. The Morgan fingerprint density at radius 3 is 2.76 bits per heavy atom. The van der Waals surface area contributed by atoms with Crippen LogP contribution in [0.25, 0.3) is 0 Å². The molecule has 2 rings (SSSR count). The van der Waals surface area contributed by atoms with Gasteiger partial charge in [-0.2, -0.15) is 0 Å². The number of benzene rings is 1. The van der Waals surface area contributed by atoms with E-state index in [-0.39, 0.29) is 11.4 Å². The molecule has 0 amide bonds. The number of nitro benzene ring substituents is 1. The molecular formula is C15H23N3O3. The third-order valence-electron chi connectivity index (χ3n) is 3.81. The summed E-state index contributed by atoms with van der Waals surface area (Å²) in [5.41, 5.74) is 0.529. The molecule has 0 aliphatic carbocycles. The molecular weight excluding hydrogens is 270 g/mol. The van der Waals surface area contributed by atoms with Crippen molar-refractivity contribution in [2.45, 2.75) is 19.8 Å². The number of ether oxygens (including phenoxy) is 1. The fourth-order valence-electron chi connectivity index (χ4n) is 2.77. The third-order valence-corrected chi connectivity index (χ3v) is 3.81. The third kappa shape index (κ3) is 4.07. The van der Waals surface area contributed by atoms with Gasteiger partial charge in [-0.05, 0) is 44.0 Å². The van der Waals surface area contributed by atoms with E-state index < -0.39 is 4.92 Å². The minimum absolute atomic E-state index is 0.00775. The Bertz CT molecular complexity index is 487. The zero-order chi connectivity index (χ0) is 15.2. The number of hydrogen-bond acceptors (Lipinski definition) is 5. The van der Waals surface area contributed by atoms with Gasteiger partial charge < -0.3 is 15.0 Å². The second-order valence-electron chi connectivity index (χ2n) is 5.61. The summed E-state index contributed by atoms with van der Waals surface area (Å²) in [6.07, 6.45) is 2.56. The molecule has 1 aromatic rings. The summed E-state index contributed by atoms with van der Waals surface area (Å²) in [6.45, 7) is 6.25. The fourth-order valence-corrected chi connectivity index (χ4v) is 2.77. The molecule has 0 radical (unpaired) electrons. The highest BCUT2D eigenvalue weighted by molar-refractivity contribution is 5.68. The summed E-state index contributed by atoms with van der Waals surface area (Å²) in [6, 6.07) is 5.10. The minimum Gasteiger partial charge on any atom is -0.490 e. The Hall–Kier alpha value is -1.82. The van der Waals surface area contributed by atoms with Crippen LogP contribution in [0.3, 0.4) is 0 Å². The SMILES string of the molecule is COc1cccc(NCC(C)CN2CCCC2)c1[N+](=O)[O-]. The van der Waals surface area contributed by atoms with Crippen LogP contribution in [0.5, 0.6) is 5.75 Å². The van der Waals surface area contributed by atoms with Crippen molar-refractivity contribution in [1.29, 1.82) is 0 Å². The minimum atomic E-state index is -0.397. The number of nitro groups is 1. The first-order valence-electron chi connectivity index (χ1n) is 7.39. The van der Waals surface area contributed by atoms with Crippen LogP contribution in [-0.2, 0) is 0 Å². The highest BCUT2D eigenvalue weighted by Gasteiger charge is 2.21. The summed E-state index contributed by atoms with van der Waals surface area (Å²) in [5, 5.41) is 14.4. The molecule has 1 fully saturated rings. The van der Waals surface area contributed by atoms with Crippen molar-refractivity contribution in [3.8, 4) is 5.75 Å². The van der Waals surface area contributed by atoms with E-state index >= 15 is 0 Å². The molecule has 6 heteroatoms. The van der Waals surface area contributed by atoms with Gasteiger partial charge in [0.15, 0.2) is 5.75 Å². The molecule has 1 saturated heterocycles. The average molecular weight is 293 g/mol. The smallest absolute Gasteiger partial charge is 0.333 e. The van der Waals surface area contributed by atoms with Gasteiger partial charge in [-0.3, -0.25) is 10.1 Å². The Kier molecular flexibility index (Phi) is 5.38. The highest BCUT2D eigenvalue weighted by atomic mass is 16.6. The molecule has 0 aromatic heterocycles. The predicted octanol–water partition coefficient (Wildman–Crippen LogP) is 2.75. The lowest BCUT2D eigenvalue weighted by Crippen LogP contribution is -2.29. The molecule has 6 nitrogen and oxygen atoms in total. The summed E-state index contributed by atoms with van der Waals surface area (Å²) < 4.78 is 5.07. The summed E-state index contributed by atoms with van der Waals surface area (Å²) in [7, 11) is 1.45. The Morgan fingerprint density at radius 1 is 1.43 bits per heavy atom. The van der Waals surface area contributed by atoms with Gasteiger partial charge in [0.05, 0.1) is 12.0 Å². The van der Waals surface area contributed by atoms with Crippen molar-refractivity contribution < 1.29 is 9.66 Å². The number of nitrogens with zero attached hydrogens (tertiary/aromatic N) is 2. The van der Waals surface area contributed by atoms with E-state index in [1.54, 1.807) is 18.2 Å². The van der Waals surface area contributed by atoms with Gasteiger partial charge in [0.2, 0.25) is 0 Å². The maximum atomic E-state index is 11.2. The van der Waals surface area contributed by atoms with E-state index in [0.29, 0.717) is 18.2 Å². The van der Waals surface area contributed by atoms with Gasteiger partial charge in [0.25, 0.3) is 0 Å². The summed E-state index contributed by atoms with van der Waals surface area (Å²) >= 11 is 0. The van der Waals surface area contributed by atoms with E-state index in [0.717, 1.165) is 6.54 Å². The van der Waals surface area contributed by atoms with Crippen LogP contribution in [0.15, 0.2) is 18.2 Å². The second kappa shape index (κ2) is 7.26. The molecule has 1 atom stereocenters. The van der Waals surface area contributed by atoms with E-state index in [1.807, 2.05) is 0 Å². The maximum Gasteiger partial charge on any atom is 0.333 e. The van der Waals surface area contributed by atoms with E-state index in [4.69, 9.17) is 4.74 Å². The van der Waals surface area contributed by atoms with Crippen LogP contribution in [0.2, 0.25) is 0 Å². The largest absolute Gasteiger partial charge is 0.490 e. The van der Waals surface area contributed by atoms with E-state index in [1.165, 1.54) is 33.0 Å². The van der Waals surface area contributed by atoms with Gasteiger partial charge in [0.1, 0.15) is 5.69 Å². The lowest BCUT2D eigenvalue weighted by Gasteiger charge is -2.21. The molecule has 0 spiro atoms. The monoisotopic (exact) mass is 293 g/mol. The number of methoxy groups -OCH3 is 1. The van der Waals surface area contributed by atoms with Gasteiger partial charge in [-0.25, -0.2) is 0 Å². The zero-order valence-corrected chi connectivity index (χ0v) is 12.7.